The Hall–Kier alpha value is -2.82. The standard InChI is InChI=1S/C19H20N4O/c24-19(22-15-5-2-1-3-6-15)23-11-8-14(9-12-23)16-13-21-17-7-4-10-20-18(16)17/h1-7,10,13-14,21H,8-9,11-12H2,(H,22,24). The van der Waals surface area contributed by atoms with Crippen LogP contribution in [0, 0.1) is 0 Å². The maximum absolute atomic E-state index is 12.4. The van der Waals surface area contributed by atoms with Gasteiger partial charge in [0.2, 0.25) is 0 Å². The molecule has 2 amide bonds. The predicted molar refractivity (Wildman–Crippen MR) is 95.1 cm³/mol. The van der Waals surface area contributed by atoms with Crippen molar-refractivity contribution >= 4 is 22.8 Å². The minimum atomic E-state index is -0.0169. The Balaban J connectivity index is 1.41. The van der Waals surface area contributed by atoms with Gasteiger partial charge in [-0.1, -0.05) is 18.2 Å². The first-order chi connectivity index (χ1) is 11.8. The van der Waals surface area contributed by atoms with E-state index in [2.05, 4.69) is 21.5 Å². The summed E-state index contributed by atoms with van der Waals surface area (Å²) in [5, 5.41) is 2.96. The Morgan fingerprint density at radius 2 is 1.92 bits per heavy atom. The molecule has 1 aliphatic rings. The van der Waals surface area contributed by atoms with Crippen LogP contribution >= 0.6 is 0 Å². The van der Waals surface area contributed by atoms with Gasteiger partial charge in [-0.2, -0.15) is 0 Å². The van der Waals surface area contributed by atoms with Crippen molar-refractivity contribution in [3.8, 4) is 0 Å². The molecule has 5 heteroatoms. The van der Waals surface area contributed by atoms with Crippen LogP contribution in [-0.4, -0.2) is 34.0 Å². The van der Waals surface area contributed by atoms with Gasteiger partial charge in [0.05, 0.1) is 11.0 Å². The Kier molecular flexibility index (Phi) is 3.91. The molecule has 3 heterocycles. The number of amides is 2. The molecule has 0 radical (unpaired) electrons. The normalized spacial score (nSPS) is 15.6. The quantitative estimate of drug-likeness (QED) is 0.750. The first-order valence-electron chi connectivity index (χ1n) is 8.34. The SMILES string of the molecule is O=C(Nc1ccccc1)N1CCC(c2c[nH]c3cccnc23)CC1. The second-order valence-corrected chi connectivity index (χ2v) is 6.20. The van der Waals surface area contributed by atoms with E-state index in [0.717, 1.165) is 42.7 Å². The highest BCUT2D eigenvalue weighted by atomic mass is 16.2. The zero-order valence-electron chi connectivity index (χ0n) is 13.4. The number of aromatic amines is 1. The van der Waals surface area contributed by atoms with E-state index in [-0.39, 0.29) is 6.03 Å². The van der Waals surface area contributed by atoms with Gasteiger partial charge in [0, 0.05) is 31.2 Å². The molecule has 4 rings (SSSR count). The number of aromatic nitrogens is 2. The van der Waals surface area contributed by atoms with Crippen LogP contribution in [0.4, 0.5) is 10.5 Å². The number of nitrogens with zero attached hydrogens (tertiary/aromatic N) is 2. The largest absolute Gasteiger partial charge is 0.360 e. The summed E-state index contributed by atoms with van der Waals surface area (Å²) in [6, 6.07) is 13.6. The van der Waals surface area contributed by atoms with Gasteiger partial charge < -0.3 is 15.2 Å². The summed E-state index contributed by atoms with van der Waals surface area (Å²) in [5.74, 6) is 0.453. The maximum Gasteiger partial charge on any atom is 0.321 e. The summed E-state index contributed by atoms with van der Waals surface area (Å²) in [4.78, 5) is 22.1. The minimum absolute atomic E-state index is 0.0169. The van der Waals surface area contributed by atoms with Crippen LogP contribution in [0.1, 0.15) is 24.3 Å². The van der Waals surface area contributed by atoms with Gasteiger partial charge in [-0.15, -0.1) is 0 Å². The summed E-state index contributed by atoms with van der Waals surface area (Å²) in [7, 11) is 0. The average Bonchev–Trinajstić information content (AvgIpc) is 3.07. The number of H-pyrrole nitrogens is 1. The monoisotopic (exact) mass is 320 g/mol. The second kappa shape index (κ2) is 6.35. The molecular formula is C19H20N4O. The lowest BCUT2D eigenvalue weighted by Crippen LogP contribution is -2.40. The highest BCUT2D eigenvalue weighted by Crippen LogP contribution is 2.32. The summed E-state index contributed by atoms with van der Waals surface area (Å²) in [6.07, 6.45) is 5.83. The average molecular weight is 320 g/mol. The van der Waals surface area contributed by atoms with E-state index in [4.69, 9.17) is 0 Å². The Morgan fingerprint density at radius 1 is 1.12 bits per heavy atom. The molecule has 0 spiro atoms. The predicted octanol–water partition coefficient (Wildman–Crippen LogP) is 3.97. The number of hydrogen-bond acceptors (Lipinski definition) is 2. The van der Waals surface area contributed by atoms with E-state index in [1.54, 1.807) is 0 Å². The van der Waals surface area contributed by atoms with Crippen LogP contribution in [0.25, 0.3) is 11.0 Å². The van der Waals surface area contributed by atoms with Crippen LogP contribution in [0.2, 0.25) is 0 Å². The third-order valence-corrected chi connectivity index (χ3v) is 4.71. The number of carbonyl (C=O) groups excluding carboxylic acids is 1. The zero-order valence-corrected chi connectivity index (χ0v) is 13.4. The lowest BCUT2D eigenvalue weighted by atomic mass is 9.90. The number of para-hydroxylation sites is 1. The number of hydrogen-bond donors (Lipinski definition) is 2. The van der Waals surface area contributed by atoms with Gasteiger partial charge in [-0.25, -0.2) is 4.79 Å². The maximum atomic E-state index is 12.4. The molecule has 1 fully saturated rings. The van der Waals surface area contributed by atoms with Crippen molar-refractivity contribution < 1.29 is 4.79 Å². The highest BCUT2D eigenvalue weighted by Gasteiger charge is 2.25. The van der Waals surface area contributed by atoms with Gasteiger partial charge in [0.1, 0.15) is 0 Å². The fraction of sp³-hybridized carbons (Fsp3) is 0.263. The Morgan fingerprint density at radius 3 is 2.71 bits per heavy atom. The number of fused-ring (bicyclic) bond motifs is 1. The van der Waals surface area contributed by atoms with Crippen LogP contribution in [0.15, 0.2) is 54.9 Å². The van der Waals surface area contributed by atoms with E-state index in [0.29, 0.717) is 5.92 Å². The Bertz CT molecular complexity index is 835. The molecule has 1 saturated heterocycles. The number of urea groups is 1. The number of piperidine rings is 1. The molecule has 0 aliphatic carbocycles. The number of pyridine rings is 1. The third-order valence-electron chi connectivity index (χ3n) is 4.71. The summed E-state index contributed by atoms with van der Waals surface area (Å²) >= 11 is 0. The number of rotatable bonds is 2. The van der Waals surface area contributed by atoms with Gasteiger partial charge >= 0.3 is 6.03 Å². The van der Waals surface area contributed by atoms with Crippen molar-refractivity contribution in [2.45, 2.75) is 18.8 Å². The zero-order chi connectivity index (χ0) is 16.4. The summed E-state index contributed by atoms with van der Waals surface area (Å²) < 4.78 is 0. The lowest BCUT2D eigenvalue weighted by Gasteiger charge is -2.31. The van der Waals surface area contributed by atoms with Crippen LogP contribution < -0.4 is 5.32 Å². The smallest absolute Gasteiger partial charge is 0.321 e. The van der Waals surface area contributed by atoms with E-state index in [1.165, 1.54) is 5.56 Å². The highest BCUT2D eigenvalue weighted by molar-refractivity contribution is 5.89. The Labute approximate surface area is 140 Å². The number of likely N-dealkylation sites (tertiary alicyclic amines) is 1. The molecule has 3 aromatic rings. The van der Waals surface area contributed by atoms with Crippen molar-refractivity contribution in [2.24, 2.45) is 0 Å². The van der Waals surface area contributed by atoms with E-state index >= 15 is 0 Å². The molecule has 0 bridgehead atoms. The fourth-order valence-electron chi connectivity index (χ4n) is 3.40. The van der Waals surface area contributed by atoms with Crippen LogP contribution in [0.3, 0.4) is 0 Å². The molecule has 1 aliphatic heterocycles. The van der Waals surface area contributed by atoms with Crippen molar-refractivity contribution in [3.05, 3.63) is 60.4 Å². The number of anilines is 1. The van der Waals surface area contributed by atoms with Crippen LogP contribution in [0.5, 0.6) is 0 Å². The summed E-state index contributed by atoms with van der Waals surface area (Å²) in [5.41, 5.74) is 4.25. The molecule has 2 aromatic heterocycles. The van der Waals surface area contributed by atoms with Crippen LogP contribution in [-0.2, 0) is 0 Å². The molecule has 24 heavy (non-hydrogen) atoms. The first kappa shape index (κ1) is 14.8. The van der Waals surface area contributed by atoms with Crippen molar-refractivity contribution in [1.29, 1.82) is 0 Å². The number of carbonyl (C=O) groups is 1. The fourth-order valence-corrected chi connectivity index (χ4v) is 3.40. The van der Waals surface area contributed by atoms with E-state index < -0.39 is 0 Å². The summed E-state index contributed by atoms with van der Waals surface area (Å²) in [6.45, 7) is 1.53. The minimum Gasteiger partial charge on any atom is -0.360 e. The van der Waals surface area contributed by atoms with Crippen molar-refractivity contribution in [2.75, 3.05) is 18.4 Å². The molecule has 122 valence electrons. The number of benzene rings is 1. The third kappa shape index (κ3) is 2.85. The van der Waals surface area contributed by atoms with Gasteiger partial charge in [-0.3, -0.25) is 4.98 Å². The molecule has 5 nitrogen and oxygen atoms in total. The van der Waals surface area contributed by atoms with Crippen molar-refractivity contribution in [3.63, 3.8) is 0 Å². The molecule has 0 atom stereocenters. The molecule has 2 N–H and O–H groups in total. The lowest BCUT2D eigenvalue weighted by molar-refractivity contribution is 0.195. The second-order valence-electron chi connectivity index (χ2n) is 6.20. The van der Waals surface area contributed by atoms with Gasteiger partial charge in [0.25, 0.3) is 0 Å². The molecule has 0 saturated carbocycles. The molecular weight excluding hydrogens is 300 g/mol. The topological polar surface area (TPSA) is 61.0 Å². The first-order valence-corrected chi connectivity index (χ1v) is 8.34. The van der Waals surface area contributed by atoms with E-state index in [1.807, 2.05) is 53.6 Å². The number of nitrogens with one attached hydrogen (secondary N) is 2. The van der Waals surface area contributed by atoms with Crippen molar-refractivity contribution in [1.82, 2.24) is 14.9 Å². The molecule has 0 unspecified atom stereocenters. The van der Waals surface area contributed by atoms with E-state index in [9.17, 15) is 4.79 Å². The molecule has 1 aromatic carbocycles. The van der Waals surface area contributed by atoms with Gasteiger partial charge in [-0.05, 0) is 48.6 Å². The van der Waals surface area contributed by atoms with Gasteiger partial charge in [0.15, 0.2) is 0 Å².